The van der Waals surface area contributed by atoms with Crippen LogP contribution in [0.5, 0.6) is 0 Å². The van der Waals surface area contributed by atoms with Crippen LogP contribution in [-0.4, -0.2) is 37.1 Å². The molecule has 0 aromatic heterocycles. The lowest BCUT2D eigenvalue weighted by atomic mass is 9.90. The Morgan fingerprint density at radius 3 is 2.57 bits per heavy atom. The second-order valence-electron chi connectivity index (χ2n) is 5.64. The molecule has 1 aliphatic rings. The van der Waals surface area contributed by atoms with Crippen LogP contribution in [0.2, 0.25) is 0 Å². The first-order valence-corrected chi connectivity index (χ1v) is 5.88. The minimum absolute atomic E-state index is 0.501. The predicted molar refractivity (Wildman–Crippen MR) is 62.6 cm³/mol. The molecule has 2 unspecified atom stereocenters. The van der Waals surface area contributed by atoms with Crippen LogP contribution in [0.4, 0.5) is 0 Å². The van der Waals surface area contributed by atoms with E-state index in [1.54, 1.807) is 0 Å². The quantitative estimate of drug-likeness (QED) is 0.744. The largest absolute Gasteiger partial charge is 0.312 e. The summed E-state index contributed by atoms with van der Waals surface area (Å²) in [5, 5.41) is 3.62. The lowest BCUT2D eigenvalue weighted by Crippen LogP contribution is -2.39. The van der Waals surface area contributed by atoms with E-state index in [9.17, 15) is 0 Å². The van der Waals surface area contributed by atoms with Crippen LogP contribution in [0, 0.1) is 5.41 Å². The van der Waals surface area contributed by atoms with Gasteiger partial charge in [0.25, 0.3) is 0 Å². The molecule has 2 atom stereocenters. The summed E-state index contributed by atoms with van der Waals surface area (Å²) in [6.45, 7) is 11.6. The van der Waals surface area contributed by atoms with Crippen molar-refractivity contribution in [3.63, 3.8) is 0 Å². The van der Waals surface area contributed by atoms with E-state index >= 15 is 0 Å². The molecule has 0 aromatic carbocycles. The monoisotopic (exact) mass is 198 g/mol. The van der Waals surface area contributed by atoms with Crippen LogP contribution in [0.15, 0.2) is 0 Å². The molecule has 1 rings (SSSR count). The highest BCUT2D eigenvalue weighted by Gasteiger charge is 2.31. The second-order valence-corrected chi connectivity index (χ2v) is 5.64. The zero-order valence-electron chi connectivity index (χ0n) is 10.4. The van der Waals surface area contributed by atoms with Gasteiger partial charge in [-0.05, 0) is 32.2 Å². The minimum atomic E-state index is 0.501. The molecule has 0 saturated carbocycles. The normalized spacial score (nSPS) is 28.3. The van der Waals surface area contributed by atoms with Crippen molar-refractivity contribution in [2.24, 2.45) is 5.41 Å². The van der Waals surface area contributed by atoms with E-state index in [1.807, 2.05) is 0 Å². The number of hydrogen-bond donors (Lipinski definition) is 1. The van der Waals surface area contributed by atoms with Crippen LogP contribution in [0.1, 0.15) is 40.5 Å². The van der Waals surface area contributed by atoms with Crippen LogP contribution in [-0.2, 0) is 0 Å². The van der Waals surface area contributed by atoms with Crippen molar-refractivity contribution in [2.45, 2.75) is 52.6 Å². The minimum Gasteiger partial charge on any atom is -0.312 e. The first kappa shape index (κ1) is 12.0. The highest BCUT2D eigenvalue weighted by molar-refractivity contribution is 4.89. The second kappa shape index (κ2) is 4.63. The summed E-state index contributed by atoms with van der Waals surface area (Å²) in [6.07, 6.45) is 2.56. The van der Waals surface area contributed by atoms with Gasteiger partial charge in [-0.1, -0.05) is 20.8 Å². The van der Waals surface area contributed by atoms with Crippen LogP contribution >= 0.6 is 0 Å². The third-order valence-corrected chi connectivity index (χ3v) is 3.52. The maximum atomic E-state index is 3.62. The zero-order valence-corrected chi connectivity index (χ0v) is 10.4. The van der Waals surface area contributed by atoms with E-state index in [2.05, 4.69) is 45.0 Å². The van der Waals surface area contributed by atoms with Gasteiger partial charge in [0.2, 0.25) is 0 Å². The van der Waals surface area contributed by atoms with Crippen molar-refractivity contribution >= 4 is 0 Å². The number of nitrogens with zero attached hydrogens (tertiary/aromatic N) is 1. The molecular weight excluding hydrogens is 172 g/mol. The fraction of sp³-hybridized carbons (Fsp3) is 1.00. The molecule has 0 spiro atoms. The summed E-state index contributed by atoms with van der Waals surface area (Å²) >= 11 is 0. The molecule has 84 valence electrons. The van der Waals surface area contributed by atoms with E-state index in [1.165, 1.54) is 25.9 Å². The van der Waals surface area contributed by atoms with Gasteiger partial charge in [0.05, 0.1) is 0 Å². The van der Waals surface area contributed by atoms with Crippen LogP contribution in [0.3, 0.4) is 0 Å². The fourth-order valence-electron chi connectivity index (χ4n) is 2.20. The summed E-state index contributed by atoms with van der Waals surface area (Å²) in [4.78, 5) is 2.47. The molecule has 1 fully saturated rings. The Labute approximate surface area is 89.1 Å². The van der Waals surface area contributed by atoms with Gasteiger partial charge in [-0.3, -0.25) is 0 Å². The fourth-order valence-corrected chi connectivity index (χ4v) is 2.20. The Kier molecular flexibility index (Phi) is 3.96. The predicted octanol–water partition coefficient (Wildman–Crippen LogP) is 2.10. The Hall–Kier alpha value is -0.0800. The number of nitrogens with one attached hydrogen (secondary N) is 1. The van der Waals surface area contributed by atoms with E-state index in [-0.39, 0.29) is 0 Å². The molecule has 1 N–H and O–H groups in total. The van der Waals surface area contributed by atoms with E-state index in [4.69, 9.17) is 0 Å². The molecule has 1 aliphatic heterocycles. The molecule has 1 saturated heterocycles. The molecule has 14 heavy (non-hydrogen) atoms. The number of likely N-dealkylation sites (N-methyl/N-ethyl adjacent to an activating group) is 1. The number of rotatable bonds is 4. The molecule has 0 amide bonds. The Morgan fingerprint density at radius 1 is 1.50 bits per heavy atom. The topological polar surface area (TPSA) is 15.3 Å². The molecule has 2 heteroatoms. The van der Waals surface area contributed by atoms with Crippen molar-refractivity contribution in [1.29, 1.82) is 0 Å². The summed E-state index contributed by atoms with van der Waals surface area (Å²) in [7, 11) is 2.24. The molecular formula is C12H26N2. The third kappa shape index (κ3) is 3.25. The maximum Gasteiger partial charge on any atom is 0.0200 e. The van der Waals surface area contributed by atoms with Gasteiger partial charge in [0.1, 0.15) is 0 Å². The first-order chi connectivity index (χ1) is 6.44. The Morgan fingerprint density at radius 2 is 2.14 bits per heavy atom. The summed E-state index contributed by atoms with van der Waals surface area (Å²) in [6, 6.07) is 1.41. The molecule has 0 aromatic rings. The lowest BCUT2D eigenvalue weighted by molar-refractivity contribution is 0.226. The maximum absolute atomic E-state index is 3.62. The van der Waals surface area contributed by atoms with E-state index in [0.29, 0.717) is 17.5 Å². The third-order valence-electron chi connectivity index (χ3n) is 3.52. The van der Waals surface area contributed by atoms with Crippen molar-refractivity contribution in [1.82, 2.24) is 10.2 Å². The molecule has 0 radical (unpaired) electrons. The van der Waals surface area contributed by atoms with Crippen molar-refractivity contribution in [3.8, 4) is 0 Å². The highest BCUT2D eigenvalue weighted by atomic mass is 15.2. The van der Waals surface area contributed by atoms with Gasteiger partial charge in [0.15, 0.2) is 0 Å². The number of hydrogen-bond acceptors (Lipinski definition) is 2. The lowest BCUT2D eigenvalue weighted by Gasteiger charge is -2.27. The van der Waals surface area contributed by atoms with Gasteiger partial charge in [-0.2, -0.15) is 0 Å². The van der Waals surface area contributed by atoms with Gasteiger partial charge in [-0.25, -0.2) is 0 Å². The summed E-state index contributed by atoms with van der Waals surface area (Å²) < 4.78 is 0. The average molecular weight is 198 g/mol. The van der Waals surface area contributed by atoms with Gasteiger partial charge in [-0.15, -0.1) is 0 Å². The first-order valence-electron chi connectivity index (χ1n) is 5.88. The van der Waals surface area contributed by atoms with Crippen LogP contribution < -0.4 is 5.32 Å². The van der Waals surface area contributed by atoms with Crippen molar-refractivity contribution < 1.29 is 0 Å². The van der Waals surface area contributed by atoms with Gasteiger partial charge in [0, 0.05) is 25.2 Å². The zero-order chi connectivity index (χ0) is 10.8. The molecule has 1 heterocycles. The van der Waals surface area contributed by atoms with Crippen molar-refractivity contribution in [2.75, 3.05) is 20.1 Å². The molecule has 0 bridgehead atoms. The summed E-state index contributed by atoms with van der Waals surface area (Å²) in [5.41, 5.74) is 0.501. The summed E-state index contributed by atoms with van der Waals surface area (Å²) in [5.74, 6) is 0. The van der Waals surface area contributed by atoms with Crippen LogP contribution in [0.25, 0.3) is 0 Å². The van der Waals surface area contributed by atoms with E-state index in [0.717, 1.165) is 0 Å². The van der Waals surface area contributed by atoms with Gasteiger partial charge < -0.3 is 10.2 Å². The highest BCUT2D eigenvalue weighted by Crippen LogP contribution is 2.27. The van der Waals surface area contributed by atoms with E-state index < -0.39 is 0 Å². The smallest absolute Gasteiger partial charge is 0.0200 e. The SMILES string of the molecule is CCC(C)N(C)CC1CC(C)(C)CN1. The molecule has 2 nitrogen and oxygen atoms in total. The standard InChI is InChI=1S/C12H26N2/c1-6-10(2)14(5)8-11-7-12(3,4)9-13-11/h10-11,13H,6-9H2,1-5H3. The Balaban J connectivity index is 2.32. The van der Waals surface area contributed by atoms with Crippen molar-refractivity contribution in [3.05, 3.63) is 0 Å². The molecule has 0 aliphatic carbocycles. The Bertz CT molecular complexity index is 177. The average Bonchev–Trinajstić information content (AvgIpc) is 2.44. The van der Waals surface area contributed by atoms with Gasteiger partial charge >= 0.3 is 0 Å².